The molecule has 2 aliphatic rings. The van der Waals surface area contributed by atoms with Gasteiger partial charge in [0.25, 0.3) is 0 Å². The first-order valence-electron chi connectivity index (χ1n) is 8.38. The smallest absolute Gasteiger partial charge is 0.119 e. The lowest BCUT2D eigenvalue weighted by Crippen LogP contribution is -2.52. The molecule has 0 unspecified atom stereocenters. The van der Waals surface area contributed by atoms with E-state index >= 15 is 0 Å². The Balaban J connectivity index is 1.77. The van der Waals surface area contributed by atoms with Crippen LogP contribution in [0.1, 0.15) is 31.7 Å². The Hall–Kier alpha value is -0.810. The third-order valence-electron chi connectivity index (χ3n) is 5.35. The van der Waals surface area contributed by atoms with E-state index in [1.807, 2.05) is 25.1 Å². The SMILES string of the molecule is COc1ccc(Cl)c(CN2CCC[C@@H]2[C@H]2COCC[C@]2(C)O)c1. The molecule has 2 fully saturated rings. The van der Waals surface area contributed by atoms with Gasteiger partial charge in [-0.1, -0.05) is 11.6 Å². The molecule has 0 aromatic heterocycles. The van der Waals surface area contributed by atoms with Gasteiger partial charge in [0, 0.05) is 30.1 Å². The normalized spacial score (nSPS) is 32.2. The van der Waals surface area contributed by atoms with Gasteiger partial charge in [0.05, 0.1) is 19.3 Å². The maximum absolute atomic E-state index is 10.8. The predicted octanol–water partition coefficient (Wildman–Crippen LogP) is 3.10. The second-order valence-corrected chi connectivity index (χ2v) is 7.33. The molecule has 23 heavy (non-hydrogen) atoms. The van der Waals surface area contributed by atoms with Crippen LogP contribution in [0.2, 0.25) is 5.02 Å². The van der Waals surface area contributed by atoms with Crippen molar-refractivity contribution in [3.63, 3.8) is 0 Å². The van der Waals surface area contributed by atoms with Crippen molar-refractivity contribution in [3.8, 4) is 5.75 Å². The molecule has 1 aromatic rings. The lowest BCUT2D eigenvalue weighted by molar-refractivity contribution is -0.123. The van der Waals surface area contributed by atoms with Crippen molar-refractivity contribution in [2.45, 2.75) is 44.4 Å². The van der Waals surface area contributed by atoms with E-state index in [1.54, 1.807) is 7.11 Å². The molecule has 4 nitrogen and oxygen atoms in total. The average molecular weight is 340 g/mol. The number of rotatable bonds is 4. The van der Waals surface area contributed by atoms with Crippen molar-refractivity contribution in [2.75, 3.05) is 26.9 Å². The Labute approximate surface area is 143 Å². The van der Waals surface area contributed by atoms with Gasteiger partial charge in [0.1, 0.15) is 5.75 Å². The van der Waals surface area contributed by atoms with E-state index in [9.17, 15) is 5.11 Å². The van der Waals surface area contributed by atoms with Crippen molar-refractivity contribution < 1.29 is 14.6 Å². The Morgan fingerprint density at radius 1 is 1.48 bits per heavy atom. The van der Waals surface area contributed by atoms with Crippen LogP contribution in [-0.4, -0.2) is 48.5 Å². The number of aliphatic hydroxyl groups is 1. The van der Waals surface area contributed by atoms with Crippen LogP contribution in [0.15, 0.2) is 18.2 Å². The first-order valence-corrected chi connectivity index (χ1v) is 8.75. The molecule has 2 aliphatic heterocycles. The Morgan fingerprint density at radius 2 is 2.30 bits per heavy atom. The van der Waals surface area contributed by atoms with E-state index in [2.05, 4.69) is 4.90 Å². The third-order valence-corrected chi connectivity index (χ3v) is 5.72. The second-order valence-electron chi connectivity index (χ2n) is 6.93. The molecular formula is C18H26ClNO3. The van der Waals surface area contributed by atoms with Gasteiger partial charge >= 0.3 is 0 Å². The summed E-state index contributed by atoms with van der Waals surface area (Å²) in [5.74, 6) is 0.983. The number of hydrogen-bond acceptors (Lipinski definition) is 4. The number of benzene rings is 1. The van der Waals surface area contributed by atoms with E-state index in [-0.39, 0.29) is 5.92 Å². The number of methoxy groups -OCH3 is 1. The predicted molar refractivity (Wildman–Crippen MR) is 91.0 cm³/mol. The molecule has 0 radical (unpaired) electrons. The summed E-state index contributed by atoms with van der Waals surface area (Å²) in [7, 11) is 1.67. The largest absolute Gasteiger partial charge is 0.497 e. The molecule has 0 aliphatic carbocycles. The zero-order chi connectivity index (χ0) is 16.4. The fourth-order valence-electron chi connectivity index (χ4n) is 3.90. The molecule has 0 spiro atoms. The van der Waals surface area contributed by atoms with Gasteiger partial charge in [0.15, 0.2) is 0 Å². The van der Waals surface area contributed by atoms with E-state index in [4.69, 9.17) is 21.1 Å². The van der Waals surface area contributed by atoms with Crippen molar-refractivity contribution >= 4 is 11.6 Å². The summed E-state index contributed by atoms with van der Waals surface area (Å²) in [4.78, 5) is 2.44. The van der Waals surface area contributed by atoms with Crippen molar-refractivity contribution in [2.24, 2.45) is 5.92 Å². The molecule has 1 N–H and O–H groups in total. The van der Waals surface area contributed by atoms with Crippen LogP contribution in [0.3, 0.4) is 0 Å². The third kappa shape index (κ3) is 3.66. The standard InChI is InChI=1S/C18H26ClNO3/c1-18(21)7-9-23-12-15(18)17-4-3-8-20(17)11-13-10-14(22-2)5-6-16(13)19/h5-6,10,15,17,21H,3-4,7-9,11-12H2,1-2H3/t15-,17-,18+/m1/s1. The van der Waals surface area contributed by atoms with Gasteiger partial charge in [-0.3, -0.25) is 4.90 Å². The minimum Gasteiger partial charge on any atom is -0.497 e. The highest BCUT2D eigenvalue weighted by atomic mass is 35.5. The van der Waals surface area contributed by atoms with Gasteiger partial charge in [0.2, 0.25) is 0 Å². The highest BCUT2D eigenvalue weighted by molar-refractivity contribution is 6.31. The Kier molecular flexibility index (Phi) is 5.16. The summed E-state index contributed by atoms with van der Waals surface area (Å²) < 4.78 is 11.0. The average Bonchev–Trinajstić information content (AvgIpc) is 2.97. The topological polar surface area (TPSA) is 41.9 Å². The molecule has 2 heterocycles. The summed E-state index contributed by atoms with van der Waals surface area (Å²) in [6.45, 7) is 5.06. The lowest BCUT2D eigenvalue weighted by Gasteiger charge is -2.43. The molecule has 3 rings (SSSR count). The summed E-state index contributed by atoms with van der Waals surface area (Å²) >= 11 is 6.36. The maximum Gasteiger partial charge on any atom is 0.119 e. The monoisotopic (exact) mass is 339 g/mol. The first-order chi connectivity index (χ1) is 11.0. The van der Waals surface area contributed by atoms with Crippen LogP contribution in [-0.2, 0) is 11.3 Å². The maximum atomic E-state index is 10.8. The molecule has 1 aromatic carbocycles. The molecule has 0 amide bonds. The summed E-state index contributed by atoms with van der Waals surface area (Å²) in [5, 5.41) is 11.5. The molecule has 2 saturated heterocycles. The van der Waals surface area contributed by atoms with E-state index in [0.717, 1.165) is 42.3 Å². The molecule has 0 bridgehead atoms. The molecule has 3 atom stereocenters. The van der Waals surface area contributed by atoms with Crippen LogP contribution < -0.4 is 4.74 Å². The van der Waals surface area contributed by atoms with E-state index in [1.165, 1.54) is 0 Å². The van der Waals surface area contributed by atoms with Crippen molar-refractivity contribution in [1.29, 1.82) is 0 Å². The number of likely N-dealkylation sites (tertiary alicyclic amines) is 1. The zero-order valence-electron chi connectivity index (χ0n) is 13.9. The quantitative estimate of drug-likeness (QED) is 0.915. The molecule has 0 saturated carbocycles. The van der Waals surface area contributed by atoms with Crippen LogP contribution in [0.5, 0.6) is 5.75 Å². The fraction of sp³-hybridized carbons (Fsp3) is 0.667. The fourth-order valence-corrected chi connectivity index (χ4v) is 4.08. The minimum atomic E-state index is -0.649. The highest BCUT2D eigenvalue weighted by Gasteiger charge is 2.44. The van der Waals surface area contributed by atoms with Gasteiger partial charge in [-0.2, -0.15) is 0 Å². The van der Waals surface area contributed by atoms with Crippen LogP contribution in [0, 0.1) is 5.92 Å². The zero-order valence-corrected chi connectivity index (χ0v) is 14.7. The Bertz CT molecular complexity index is 549. The Morgan fingerprint density at radius 3 is 3.04 bits per heavy atom. The lowest BCUT2D eigenvalue weighted by atomic mass is 9.79. The molecule has 128 valence electrons. The van der Waals surface area contributed by atoms with Crippen molar-refractivity contribution in [1.82, 2.24) is 4.90 Å². The van der Waals surface area contributed by atoms with Crippen LogP contribution in [0.4, 0.5) is 0 Å². The van der Waals surface area contributed by atoms with E-state index in [0.29, 0.717) is 25.7 Å². The number of halogens is 1. The second kappa shape index (κ2) is 6.98. The van der Waals surface area contributed by atoms with Gasteiger partial charge in [-0.25, -0.2) is 0 Å². The number of nitrogens with zero attached hydrogens (tertiary/aromatic N) is 1. The van der Waals surface area contributed by atoms with Gasteiger partial charge < -0.3 is 14.6 Å². The van der Waals surface area contributed by atoms with E-state index < -0.39 is 5.60 Å². The van der Waals surface area contributed by atoms with Crippen LogP contribution in [0.25, 0.3) is 0 Å². The molecular weight excluding hydrogens is 314 g/mol. The minimum absolute atomic E-state index is 0.156. The first kappa shape index (κ1) is 17.0. The number of ether oxygens (including phenoxy) is 2. The summed E-state index contributed by atoms with van der Waals surface area (Å²) in [6.07, 6.45) is 2.96. The summed E-state index contributed by atoms with van der Waals surface area (Å²) in [6, 6.07) is 6.12. The number of hydrogen-bond donors (Lipinski definition) is 1. The van der Waals surface area contributed by atoms with Gasteiger partial charge in [-0.15, -0.1) is 0 Å². The van der Waals surface area contributed by atoms with Crippen molar-refractivity contribution in [3.05, 3.63) is 28.8 Å². The van der Waals surface area contributed by atoms with Gasteiger partial charge in [-0.05, 0) is 56.5 Å². The molecule has 5 heteroatoms. The van der Waals surface area contributed by atoms with Crippen LogP contribution >= 0.6 is 11.6 Å². The summed E-state index contributed by atoms with van der Waals surface area (Å²) in [5.41, 5.74) is 0.429. The highest BCUT2D eigenvalue weighted by Crippen LogP contribution is 2.37.